The summed E-state index contributed by atoms with van der Waals surface area (Å²) in [6.07, 6.45) is 0.497. The van der Waals surface area contributed by atoms with Gasteiger partial charge in [-0.2, -0.15) is 0 Å². The third kappa shape index (κ3) is 4.43. The predicted molar refractivity (Wildman–Crippen MR) is 59.4 cm³/mol. The lowest BCUT2D eigenvalue weighted by Crippen LogP contribution is -2.29. The van der Waals surface area contributed by atoms with E-state index in [1.165, 1.54) is 0 Å². The topological polar surface area (TPSA) is 29.1 Å². The fourth-order valence-corrected chi connectivity index (χ4v) is 1.75. The summed E-state index contributed by atoms with van der Waals surface area (Å²) in [5, 5.41) is 4.82. The second-order valence-corrected chi connectivity index (χ2v) is 5.44. The maximum Gasteiger partial charge on any atom is 0.225 e. The Bertz CT molecular complexity index is 259. The van der Waals surface area contributed by atoms with Crippen LogP contribution >= 0.6 is 27.3 Å². The number of hydrogen-bond acceptors (Lipinski definition) is 2. The Morgan fingerprint density at radius 1 is 1.77 bits per heavy atom. The van der Waals surface area contributed by atoms with Crippen LogP contribution in [0, 0.1) is 0 Å². The number of alkyl halides is 1. The van der Waals surface area contributed by atoms with Gasteiger partial charge in [0.05, 0.1) is 6.42 Å². The van der Waals surface area contributed by atoms with Gasteiger partial charge in [-0.25, -0.2) is 0 Å². The van der Waals surface area contributed by atoms with Gasteiger partial charge in [-0.15, -0.1) is 11.3 Å². The van der Waals surface area contributed by atoms with Crippen molar-refractivity contribution in [1.29, 1.82) is 0 Å². The van der Waals surface area contributed by atoms with Crippen LogP contribution in [0.2, 0.25) is 0 Å². The predicted octanol–water partition coefficient (Wildman–Crippen LogP) is 2.19. The van der Waals surface area contributed by atoms with E-state index in [0.717, 1.165) is 4.88 Å². The van der Waals surface area contributed by atoms with Gasteiger partial charge in [0, 0.05) is 16.2 Å². The number of rotatable bonds is 4. The molecule has 1 unspecified atom stereocenters. The molecule has 0 saturated carbocycles. The van der Waals surface area contributed by atoms with Gasteiger partial charge in [0.15, 0.2) is 0 Å². The summed E-state index contributed by atoms with van der Waals surface area (Å²) in [6, 6.07) is 3.93. The van der Waals surface area contributed by atoms with Gasteiger partial charge in [0.2, 0.25) is 5.91 Å². The van der Waals surface area contributed by atoms with Crippen LogP contribution in [0.4, 0.5) is 0 Å². The van der Waals surface area contributed by atoms with Crippen molar-refractivity contribution in [2.75, 3.05) is 6.54 Å². The lowest BCUT2D eigenvalue weighted by molar-refractivity contribution is -0.120. The van der Waals surface area contributed by atoms with E-state index >= 15 is 0 Å². The van der Waals surface area contributed by atoms with Gasteiger partial charge in [0.1, 0.15) is 0 Å². The molecule has 0 fully saturated rings. The molecule has 1 atom stereocenters. The van der Waals surface area contributed by atoms with Crippen molar-refractivity contribution in [1.82, 2.24) is 5.32 Å². The van der Waals surface area contributed by atoms with Gasteiger partial charge < -0.3 is 5.32 Å². The summed E-state index contributed by atoms with van der Waals surface area (Å²) >= 11 is 4.98. The molecule has 1 N–H and O–H groups in total. The second-order valence-electron chi connectivity index (χ2n) is 2.84. The van der Waals surface area contributed by atoms with E-state index < -0.39 is 0 Å². The molecule has 1 heterocycles. The monoisotopic (exact) mass is 261 g/mol. The van der Waals surface area contributed by atoms with Crippen LogP contribution in [0.25, 0.3) is 0 Å². The molecule has 1 amide bonds. The van der Waals surface area contributed by atoms with E-state index in [0.29, 0.717) is 17.8 Å². The molecule has 0 saturated heterocycles. The molecule has 72 valence electrons. The fourth-order valence-electron chi connectivity index (χ4n) is 0.888. The zero-order valence-electron chi connectivity index (χ0n) is 7.42. The lowest BCUT2D eigenvalue weighted by atomic mass is 10.3. The number of halogens is 1. The highest BCUT2D eigenvalue weighted by Gasteiger charge is 2.04. The third-order valence-electron chi connectivity index (χ3n) is 1.50. The highest BCUT2D eigenvalue weighted by atomic mass is 79.9. The van der Waals surface area contributed by atoms with Crippen LogP contribution in [0.3, 0.4) is 0 Å². The van der Waals surface area contributed by atoms with Crippen LogP contribution in [0.15, 0.2) is 17.5 Å². The van der Waals surface area contributed by atoms with Gasteiger partial charge in [-0.3, -0.25) is 4.79 Å². The minimum Gasteiger partial charge on any atom is -0.355 e. The van der Waals surface area contributed by atoms with Crippen LogP contribution in [-0.4, -0.2) is 17.3 Å². The maximum absolute atomic E-state index is 11.3. The van der Waals surface area contributed by atoms with E-state index in [1.807, 2.05) is 24.4 Å². The summed E-state index contributed by atoms with van der Waals surface area (Å²) in [5.74, 6) is 0.0914. The molecule has 1 aromatic heterocycles. The highest BCUT2D eigenvalue weighted by molar-refractivity contribution is 9.09. The molecule has 0 aliphatic rings. The number of thiophene rings is 1. The fraction of sp³-hybridized carbons (Fsp3) is 0.444. The zero-order chi connectivity index (χ0) is 9.68. The average Bonchev–Trinajstić information content (AvgIpc) is 2.53. The van der Waals surface area contributed by atoms with Crippen molar-refractivity contribution in [2.45, 2.75) is 18.2 Å². The molecule has 0 aliphatic heterocycles. The Morgan fingerprint density at radius 3 is 3.08 bits per heavy atom. The van der Waals surface area contributed by atoms with E-state index in [4.69, 9.17) is 0 Å². The van der Waals surface area contributed by atoms with E-state index in [1.54, 1.807) is 11.3 Å². The summed E-state index contributed by atoms with van der Waals surface area (Å²) in [7, 11) is 0. The SMILES string of the molecule is CC(Br)CNC(=O)Cc1cccs1. The minimum absolute atomic E-state index is 0.0914. The molecule has 1 aromatic rings. The van der Waals surface area contributed by atoms with Gasteiger partial charge in [-0.05, 0) is 11.4 Å². The van der Waals surface area contributed by atoms with Crippen LogP contribution in [0.1, 0.15) is 11.8 Å². The molecule has 0 bridgehead atoms. The van der Waals surface area contributed by atoms with Crippen molar-refractivity contribution >= 4 is 33.2 Å². The highest BCUT2D eigenvalue weighted by Crippen LogP contribution is 2.08. The van der Waals surface area contributed by atoms with Crippen molar-refractivity contribution in [2.24, 2.45) is 0 Å². The smallest absolute Gasteiger partial charge is 0.225 e. The Kier molecular flexibility index (Phi) is 4.45. The normalized spacial score (nSPS) is 12.5. The largest absolute Gasteiger partial charge is 0.355 e. The van der Waals surface area contributed by atoms with Gasteiger partial charge in [-0.1, -0.05) is 28.9 Å². The Labute approximate surface area is 90.5 Å². The first-order valence-corrected chi connectivity index (χ1v) is 5.91. The zero-order valence-corrected chi connectivity index (χ0v) is 9.82. The Morgan fingerprint density at radius 2 is 2.54 bits per heavy atom. The third-order valence-corrected chi connectivity index (χ3v) is 2.70. The van der Waals surface area contributed by atoms with Crippen molar-refractivity contribution in [3.8, 4) is 0 Å². The molecule has 13 heavy (non-hydrogen) atoms. The quantitative estimate of drug-likeness (QED) is 0.828. The van der Waals surface area contributed by atoms with Gasteiger partial charge in [0.25, 0.3) is 0 Å². The molecule has 0 aromatic carbocycles. The van der Waals surface area contributed by atoms with Gasteiger partial charge >= 0.3 is 0 Å². The minimum atomic E-state index is 0.0914. The lowest BCUT2D eigenvalue weighted by Gasteiger charge is -2.04. The maximum atomic E-state index is 11.3. The number of nitrogens with one attached hydrogen (secondary N) is 1. The summed E-state index contributed by atoms with van der Waals surface area (Å²) in [6.45, 7) is 2.69. The standard InChI is InChI=1S/C9H12BrNOS/c1-7(10)6-11-9(12)5-8-3-2-4-13-8/h2-4,7H,5-6H2,1H3,(H,11,12). The van der Waals surface area contributed by atoms with Crippen molar-refractivity contribution < 1.29 is 4.79 Å². The summed E-state index contributed by atoms with van der Waals surface area (Å²) in [4.78, 5) is 12.7. The Balaban J connectivity index is 2.26. The van der Waals surface area contributed by atoms with E-state index in [9.17, 15) is 4.79 Å². The molecule has 1 rings (SSSR count). The number of hydrogen-bond donors (Lipinski definition) is 1. The molecule has 0 spiro atoms. The van der Waals surface area contributed by atoms with E-state index in [-0.39, 0.29) is 5.91 Å². The van der Waals surface area contributed by atoms with Crippen molar-refractivity contribution in [3.63, 3.8) is 0 Å². The number of carbonyl (C=O) groups is 1. The molecule has 2 nitrogen and oxygen atoms in total. The first kappa shape index (κ1) is 10.7. The first-order valence-electron chi connectivity index (χ1n) is 4.11. The van der Waals surface area contributed by atoms with E-state index in [2.05, 4.69) is 21.2 Å². The van der Waals surface area contributed by atoms with Crippen LogP contribution in [0.5, 0.6) is 0 Å². The summed E-state index contributed by atoms with van der Waals surface area (Å²) < 4.78 is 0. The number of carbonyl (C=O) groups excluding carboxylic acids is 1. The molecule has 0 aliphatic carbocycles. The molecule has 4 heteroatoms. The first-order chi connectivity index (χ1) is 6.18. The summed E-state index contributed by atoms with van der Waals surface area (Å²) in [5.41, 5.74) is 0. The van der Waals surface area contributed by atoms with Crippen molar-refractivity contribution in [3.05, 3.63) is 22.4 Å². The molecule has 0 radical (unpaired) electrons. The second kappa shape index (κ2) is 5.40. The average molecular weight is 262 g/mol. The van der Waals surface area contributed by atoms with Crippen LogP contribution < -0.4 is 5.32 Å². The van der Waals surface area contributed by atoms with Crippen LogP contribution in [-0.2, 0) is 11.2 Å². The number of amides is 1. The Hall–Kier alpha value is -0.350. The molecular weight excluding hydrogens is 250 g/mol. The molecular formula is C9H12BrNOS.